The number of nitrogens with two attached hydrogens (primary N) is 1. The fourth-order valence-corrected chi connectivity index (χ4v) is 3.22. The van der Waals surface area contributed by atoms with E-state index in [0.29, 0.717) is 5.56 Å². The van der Waals surface area contributed by atoms with Gasteiger partial charge in [-0.3, -0.25) is 0 Å². The Morgan fingerprint density at radius 3 is 2.57 bits per heavy atom. The first-order valence-corrected chi connectivity index (χ1v) is 7.98. The van der Waals surface area contributed by atoms with E-state index in [-0.39, 0.29) is 15.6 Å². The van der Waals surface area contributed by atoms with Crippen LogP contribution < -0.4 is 10.5 Å². The number of halogens is 2. The molecule has 0 heterocycles. The Morgan fingerprint density at radius 2 is 1.95 bits per heavy atom. The maximum atomic E-state index is 13.2. The molecule has 1 atom stereocenters. The highest BCUT2D eigenvalue weighted by Gasteiger charge is 2.19. The lowest BCUT2D eigenvalue weighted by molar-refractivity contribution is 0.564. The van der Waals surface area contributed by atoms with Crippen LogP contribution in [0, 0.1) is 5.82 Å². The largest absolute Gasteiger partial charge is 0.397 e. The molecule has 7 heteroatoms. The monoisotopic (exact) mass is 328 g/mol. The van der Waals surface area contributed by atoms with E-state index in [1.165, 1.54) is 36.4 Å². The maximum Gasteiger partial charge on any atom is 0.241 e. The van der Waals surface area contributed by atoms with Gasteiger partial charge in [-0.1, -0.05) is 23.7 Å². The Hall–Kier alpha value is -1.63. The average Bonchev–Trinajstić information content (AvgIpc) is 2.41. The second-order valence-electron chi connectivity index (χ2n) is 4.58. The van der Waals surface area contributed by atoms with Crippen LogP contribution in [0.4, 0.5) is 10.1 Å². The Morgan fingerprint density at radius 1 is 1.24 bits per heavy atom. The highest BCUT2D eigenvalue weighted by atomic mass is 35.5. The first-order valence-electron chi connectivity index (χ1n) is 6.12. The van der Waals surface area contributed by atoms with Gasteiger partial charge in [0.25, 0.3) is 0 Å². The van der Waals surface area contributed by atoms with Gasteiger partial charge in [-0.25, -0.2) is 17.5 Å². The van der Waals surface area contributed by atoms with Crippen LogP contribution in [0.5, 0.6) is 0 Å². The van der Waals surface area contributed by atoms with Gasteiger partial charge in [0.15, 0.2) is 0 Å². The molecule has 0 aliphatic rings. The Bertz CT molecular complexity index is 765. The van der Waals surface area contributed by atoms with Crippen LogP contribution in [-0.4, -0.2) is 8.42 Å². The molecule has 4 nitrogen and oxygen atoms in total. The highest BCUT2D eigenvalue weighted by Crippen LogP contribution is 2.23. The number of hydrogen-bond acceptors (Lipinski definition) is 3. The van der Waals surface area contributed by atoms with Crippen LogP contribution in [0.15, 0.2) is 47.4 Å². The molecule has 0 amide bonds. The molecule has 0 aromatic heterocycles. The third-order valence-electron chi connectivity index (χ3n) is 2.96. The fourth-order valence-electron chi connectivity index (χ4n) is 1.83. The van der Waals surface area contributed by atoms with E-state index < -0.39 is 21.9 Å². The van der Waals surface area contributed by atoms with Crippen molar-refractivity contribution in [3.8, 4) is 0 Å². The molecule has 2 aromatic carbocycles. The summed E-state index contributed by atoms with van der Waals surface area (Å²) in [6.45, 7) is 1.63. The quantitative estimate of drug-likeness (QED) is 0.847. The number of nitrogen functional groups attached to an aromatic ring is 1. The lowest BCUT2D eigenvalue weighted by Gasteiger charge is -2.15. The summed E-state index contributed by atoms with van der Waals surface area (Å²) in [7, 11) is -3.77. The van der Waals surface area contributed by atoms with Gasteiger partial charge in [-0.2, -0.15) is 0 Å². The number of sulfonamides is 1. The highest BCUT2D eigenvalue weighted by molar-refractivity contribution is 7.89. The summed E-state index contributed by atoms with van der Waals surface area (Å²) in [6.07, 6.45) is 0. The van der Waals surface area contributed by atoms with Gasteiger partial charge in [-0.15, -0.1) is 0 Å². The molecule has 0 saturated heterocycles. The smallest absolute Gasteiger partial charge is 0.241 e. The normalized spacial score (nSPS) is 13.1. The molecule has 0 saturated carbocycles. The zero-order valence-corrected chi connectivity index (χ0v) is 12.7. The zero-order chi connectivity index (χ0) is 15.6. The Kier molecular flexibility index (Phi) is 4.51. The first-order chi connectivity index (χ1) is 9.79. The Balaban J connectivity index is 2.26. The van der Waals surface area contributed by atoms with Crippen molar-refractivity contribution in [3.05, 3.63) is 58.9 Å². The van der Waals surface area contributed by atoms with Crippen LogP contribution in [-0.2, 0) is 10.0 Å². The van der Waals surface area contributed by atoms with Crippen molar-refractivity contribution >= 4 is 27.3 Å². The second kappa shape index (κ2) is 6.01. The van der Waals surface area contributed by atoms with E-state index in [1.807, 2.05) is 0 Å². The SMILES string of the molecule is CC(NS(=O)(=O)c1ccc(Cl)c(N)c1)c1cccc(F)c1. The molecule has 1 unspecified atom stereocenters. The topological polar surface area (TPSA) is 72.2 Å². The number of nitrogens with one attached hydrogen (secondary N) is 1. The van der Waals surface area contributed by atoms with Gasteiger partial charge < -0.3 is 5.73 Å². The summed E-state index contributed by atoms with van der Waals surface area (Å²) >= 11 is 5.77. The minimum absolute atomic E-state index is 0.00709. The lowest BCUT2D eigenvalue weighted by atomic mass is 10.1. The second-order valence-corrected chi connectivity index (χ2v) is 6.70. The van der Waals surface area contributed by atoms with Crippen molar-refractivity contribution in [2.75, 3.05) is 5.73 Å². The molecular formula is C14H14ClFN2O2S. The number of hydrogen-bond donors (Lipinski definition) is 2. The van der Waals surface area contributed by atoms with Crippen LogP contribution >= 0.6 is 11.6 Å². The molecule has 2 aromatic rings. The minimum Gasteiger partial charge on any atom is -0.397 e. The molecule has 0 aliphatic heterocycles. The van der Waals surface area contributed by atoms with Crippen molar-refractivity contribution in [1.29, 1.82) is 0 Å². The van der Waals surface area contributed by atoms with Crippen LogP contribution in [0.2, 0.25) is 5.02 Å². The average molecular weight is 329 g/mol. The molecule has 0 spiro atoms. The summed E-state index contributed by atoms with van der Waals surface area (Å²) in [5.41, 5.74) is 6.31. The van der Waals surface area contributed by atoms with E-state index in [2.05, 4.69) is 4.72 Å². The summed E-state index contributed by atoms with van der Waals surface area (Å²) < 4.78 is 40.2. The van der Waals surface area contributed by atoms with Gasteiger partial charge in [0.05, 0.1) is 15.6 Å². The number of benzene rings is 2. The van der Waals surface area contributed by atoms with Gasteiger partial charge >= 0.3 is 0 Å². The van der Waals surface area contributed by atoms with Crippen LogP contribution in [0.25, 0.3) is 0 Å². The third kappa shape index (κ3) is 3.72. The van der Waals surface area contributed by atoms with Crippen molar-refractivity contribution in [2.24, 2.45) is 0 Å². The van der Waals surface area contributed by atoms with Crippen molar-refractivity contribution in [2.45, 2.75) is 17.9 Å². The standard InChI is InChI=1S/C14H14ClFN2O2S/c1-9(10-3-2-4-11(16)7-10)18-21(19,20)12-5-6-13(15)14(17)8-12/h2-9,18H,17H2,1H3. The molecule has 0 radical (unpaired) electrons. The molecule has 112 valence electrons. The zero-order valence-electron chi connectivity index (χ0n) is 11.2. The van der Waals surface area contributed by atoms with Gasteiger partial charge in [0, 0.05) is 6.04 Å². The summed E-state index contributed by atoms with van der Waals surface area (Å²) in [5.74, 6) is -0.422. The summed E-state index contributed by atoms with van der Waals surface area (Å²) in [5, 5.41) is 0.284. The van der Waals surface area contributed by atoms with Crippen LogP contribution in [0.3, 0.4) is 0 Å². The van der Waals surface area contributed by atoms with Crippen molar-refractivity contribution in [1.82, 2.24) is 4.72 Å². The van der Waals surface area contributed by atoms with E-state index in [1.54, 1.807) is 13.0 Å². The molecular weight excluding hydrogens is 315 g/mol. The first kappa shape index (κ1) is 15.8. The molecule has 3 N–H and O–H groups in total. The van der Waals surface area contributed by atoms with E-state index >= 15 is 0 Å². The van der Waals surface area contributed by atoms with Crippen molar-refractivity contribution in [3.63, 3.8) is 0 Å². The fraction of sp³-hybridized carbons (Fsp3) is 0.143. The summed E-state index contributed by atoms with van der Waals surface area (Å²) in [4.78, 5) is 0.00709. The summed E-state index contributed by atoms with van der Waals surface area (Å²) in [6, 6.07) is 9.22. The van der Waals surface area contributed by atoms with Gasteiger partial charge in [0.2, 0.25) is 10.0 Å². The van der Waals surface area contributed by atoms with E-state index in [0.717, 1.165) is 0 Å². The predicted octanol–water partition coefficient (Wildman–Crippen LogP) is 3.10. The Labute approximate surface area is 127 Å². The maximum absolute atomic E-state index is 13.2. The van der Waals surface area contributed by atoms with Gasteiger partial charge in [0.1, 0.15) is 5.82 Å². The molecule has 2 rings (SSSR count). The predicted molar refractivity (Wildman–Crippen MR) is 81.0 cm³/mol. The minimum atomic E-state index is -3.77. The molecule has 0 bridgehead atoms. The molecule has 0 aliphatic carbocycles. The lowest BCUT2D eigenvalue weighted by Crippen LogP contribution is -2.27. The van der Waals surface area contributed by atoms with E-state index in [4.69, 9.17) is 17.3 Å². The molecule has 21 heavy (non-hydrogen) atoms. The van der Waals surface area contributed by atoms with Crippen molar-refractivity contribution < 1.29 is 12.8 Å². The third-order valence-corrected chi connectivity index (χ3v) is 4.84. The van der Waals surface area contributed by atoms with E-state index in [9.17, 15) is 12.8 Å². The number of rotatable bonds is 4. The van der Waals surface area contributed by atoms with Gasteiger partial charge in [-0.05, 0) is 42.8 Å². The molecule has 0 fully saturated rings. The van der Waals surface area contributed by atoms with Crippen LogP contribution in [0.1, 0.15) is 18.5 Å². The number of anilines is 1.